The van der Waals surface area contributed by atoms with E-state index in [-0.39, 0.29) is 30.7 Å². The summed E-state index contributed by atoms with van der Waals surface area (Å²) in [6.45, 7) is 0.999. The summed E-state index contributed by atoms with van der Waals surface area (Å²) in [5.41, 5.74) is 4.04. The van der Waals surface area contributed by atoms with Gasteiger partial charge in [-0.05, 0) is 59.5 Å². The van der Waals surface area contributed by atoms with Crippen LogP contribution in [0.15, 0.2) is 116 Å². The molecule has 0 spiro atoms. The Bertz CT molecular complexity index is 1900. The number of hydrogen-bond donors (Lipinski definition) is 4. The molecule has 0 saturated carbocycles. The number of alkyl halides is 3. The molecule has 5 rings (SSSR count). The van der Waals surface area contributed by atoms with Crippen molar-refractivity contribution >= 4 is 41.2 Å². The zero-order valence-corrected chi connectivity index (χ0v) is 27.8. The first-order chi connectivity index (χ1) is 25.1. The van der Waals surface area contributed by atoms with Gasteiger partial charge in [0, 0.05) is 41.5 Å². The molecule has 0 bridgehead atoms. The molecule has 1 heterocycles. The van der Waals surface area contributed by atoms with E-state index in [1.54, 1.807) is 54.6 Å². The van der Waals surface area contributed by atoms with Crippen LogP contribution in [0.5, 0.6) is 5.75 Å². The van der Waals surface area contributed by atoms with Gasteiger partial charge in [-0.25, -0.2) is 9.97 Å². The average molecular weight is 714 g/mol. The number of anilines is 2. The Morgan fingerprint density at radius 2 is 1.33 bits per heavy atom. The lowest BCUT2D eigenvalue weighted by molar-refractivity contribution is -0.274. The number of hydrogen-bond acceptors (Lipinski definition) is 9. The van der Waals surface area contributed by atoms with Gasteiger partial charge in [-0.2, -0.15) is 0 Å². The minimum atomic E-state index is -4.78. The van der Waals surface area contributed by atoms with Crippen LogP contribution < -0.4 is 31.6 Å². The summed E-state index contributed by atoms with van der Waals surface area (Å²) in [5, 5.41) is 19.1. The summed E-state index contributed by atoms with van der Waals surface area (Å²) in [7, 11) is 0. The zero-order valence-electron chi connectivity index (χ0n) is 27.8. The van der Waals surface area contributed by atoms with Gasteiger partial charge in [-0.15, -0.1) is 13.2 Å². The van der Waals surface area contributed by atoms with Crippen molar-refractivity contribution in [2.75, 3.05) is 44.8 Å². The van der Waals surface area contributed by atoms with E-state index in [9.17, 15) is 27.8 Å². The van der Waals surface area contributed by atoms with E-state index in [1.807, 2.05) is 30.3 Å². The van der Waals surface area contributed by atoms with Gasteiger partial charge in [-0.1, -0.05) is 54.6 Å². The molecule has 268 valence electrons. The molecule has 0 unspecified atom stereocenters. The second kappa shape index (κ2) is 18.5. The molecule has 4 N–H and O–H groups in total. The van der Waals surface area contributed by atoms with Crippen molar-refractivity contribution in [3.05, 3.63) is 127 Å². The summed E-state index contributed by atoms with van der Waals surface area (Å²) in [6.07, 6.45) is -3.44. The molecule has 0 saturated heterocycles. The molecule has 0 aliphatic rings. The van der Waals surface area contributed by atoms with Crippen molar-refractivity contribution in [3.8, 4) is 17.0 Å². The summed E-state index contributed by atoms with van der Waals surface area (Å²) < 4.78 is 52.2. The predicted molar refractivity (Wildman–Crippen MR) is 190 cm³/mol. The van der Waals surface area contributed by atoms with Crippen molar-refractivity contribution in [2.24, 2.45) is 0 Å². The Morgan fingerprint density at radius 3 is 1.98 bits per heavy atom. The standard InChI is InChI=1S/C37H35BF3N5O6/c39-37(40,41)52-32-15-13-31(14-16-32)46-34-24-33(44-25-45-34)27-5-4-6-28(23-27)36(48)43-18-20-51-22-21-50-19-17-42-35(47)26-9-11-30(12-10-26)38(49)29-7-2-1-3-8-29/h1-16,23-25,49H,17-22H2,(H,42,47)(H,43,48)(H,44,45,46). The third-order valence-electron chi connectivity index (χ3n) is 7.49. The molecular formula is C37H35BF3N5O6. The predicted octanol–water partition coefficient (Wildman–Crippen LogP) is 4.08. The lowest BCUT2D eigenvalue weighted by Crippen LogP contribution is -2.42. The molecular weight excluding hydrogens is 678 g/mol. The van der Waals surface area contributed by atoms with Crippen LogP contribution in [0.1, 0.15) is 20.7 Å². The van der Waals surface area contributed by atoms with Crippen LogP contribution in [0.25, 0.3) is 11.3 Å². The number of halogens is 3. The lowest BCUT2D eigenvalue weighted by Gasteiger charge is -2.11. The lowest BCUT2D eigenvalue weighted by atomic mass is 9.56. The van der Waals surface area contributed by atoms with Crippen LogP contribution in [-0.2, 0) is 9.47 Å². The molecule has 1 aromatic heterocycles. The van der Waals surface area contributed by atoms with Crippen molar-refractivity contribution < 1.29 is 42.0 Å². The molecule has 2 amide bonds. The smallest absolute Gasteiger partial charge is 0.443 e. The zero-order chi connectivity index (χ0) is 36.8. The quantitative estimate of drug-likeness (QED) is 0.0829. The fraction of sp³-hybridized carbons (Fsp3) is 0.189. The SMILES string of the molecule is O=C(NCCOCCOCCNC(=O)c1cccc(-c2cc(Nc3ccc(OC(F)(F)F)cc3)ncn2)c1)c1ccc(B(O)c2ccccc2)cc1. The third kappa shape index (κ3) is 11.7. The van der Waals surface area contributed by atoms with Crippen LogP contribution in [0, 0.1) is 0 Å². The fourth-order valence-corrected chi connectivity index (χ4v) is 4.94. The van der Waals surface area contributed by atoms with E-state index in [0.29, 0.717) is 65.7 Å². The summed E-state index contributed by atoms with van der Waals surface area (Å²) in [5.74, 6) is -0.480. The monoisotopic (exact) mass is 713 g/mol. The highest BCUT2D eigenvalue weighted by Gasteiger charge is 2.31. The van der Waals surface area contributed by atoms with Gasteiger partial charge in [0.15, 0.2) is 0 Å². The second-order valence-corrected chi connectivity index (χ2v) is 11.2. The number of benzene rings is 4. The molecule has 4 aromatic carbocycles. The van der Waals surface area contributed by atoms with Gasteiger partial charge < -0.3 is 35.2 Å². The molecule has 0 atom stereocenters. The number of carbonyl (C=O) groups excluding carboxylic acids is 2. The normalized spacial score (nSPS) is 11.1. The molecule has 11 nitrogen and oxygen atoms in total. The maximum Gasteiger partial charge on any atom is 0.573 e. The first kappa shape index (κ1) is 37.5. The Morgan fingerprint density at radius 1 is 0.692 bits per heavy atom. The molecule has 15 heteroatoms. The van der Waals surface area contributed by atoms with E-state index < -0.39 is 13.3 Å². The summed E-state index contributed by atoms with van der Waals surface area (Å²) in [6, 6.07) is 29.8. The molecule has 5 aromatic rings. The van der Waals surface area contributed by atoms with Crippen LogP contribution >= 0.6 is 0 Å². The molecule has 0 aliphatic heterocycles. The highest BCUT2D eigenvalue weighted by Crippen LogP contribution is 2.26. The summed E-state index contributed by atoms with van der Waals surface area (Å²) >= 11 is 0. The average Bonchev–Trinajstić information content (AvgIpc) is 3.16. The van der Waals surface area contributed by atoms with Crippen LogP contribution in [0.3, 0.4) is 0 Å². The maximum absolute atomic E-state index is 12.8. The molecule has 52 heavy (non-hydrogen) atoms. The van der Waals surface area contributed by atoms with Gasteiger partial charge in [0.05, 0.1) is 32.1 Å². The Balaban J connectivity index is 0.957. The van der Waals surface area contributed by atoms with Gasteiger partial charge in [-0.3, -0.25) is 9.59 Å². The van der Waals surface area contributed by atoms with Crippen LogP contribution in [-0.4, -0.2) is 79.6 Å². The molecule has 0 fully saturated rings. The van der Waals surface area contributed by atoms with E-state index >= 15 is 0 Å². The van der Waals surface area contributed by atoms with E-state index in [4.69, 9.17) is 9.47 Å². The number of aromatic nitrogens is 2. The number of nitrogens with one attached hydrogen (secondary N) is 3. The number of amides is 2. The molecule has 0 aliphatic carbocycles. The van der Waals surface area contributed by atoms with E-state index in [1.165, 1.54) is 30.6 Å². The van der Waals surface area contributed by atoms with Gasteiger partial charge in [0.25, 0.3) is 11.8 Å². The second-order valence-electron chi connectivity index (χ2n) is 11.2. The topological polar surface area (TPSA) is 144 Å². The minimum Gasteiger partial charge on any atom is -0.443 e. The fourth-order valence-electron chi connectivity index (χ4n) is 4.94. The van der Waals surface area contributed by atoms with E-state index in [2.05, 4.69) is 30.7 Å². The summed E-state index contributed by atoms with van der Waals surface area (Å²) in [4.78, 5) is 33.6. The third-order valence-corrected chi connectivity index (χ3v) is 7.49. The first-order valence-electron chi connectivity index (χ1n) is 16.2. The van der Waals surface area contributed by atoms with Crippen molar-refractivity contribution in [3.63, 3.8) is 0 Å². The van der Waals surface area contributed by atoms with Gasteiger partial charge in [0.2, 0.25) is 0 Å². The van der Waals surface area contributed by atoms with Gasteiger partial charge >= 0.3 is 13.3 Å². The van der Waals surface area contributed by atoms with Gasteiger partial charge in [0.1, 0.15) is 17.9 Å². The minimum absolute atomic E-state index is 0.244. The number of nitrogens with zero attached hydrogens (tertiary/aromatic N) is 2. The number of carbonyl (C=O) groups is 2. The maximum atomic E-state index is 12.8. The van der Waals surface area contributed by atoms with Crippen molar-refractivity contribution in [1.82, 2.24) is 20.6 Å². The Kier molecular flexibility index (Phi) is 13.3. The largest absolute Gasteiger partial charge is 0.573 e. The van der Waals surface area contributed by atoms with Crippen LogP contribution in [0.4, 0.5) is 24.7 Å². The Labute approximate surface area is 298 Å². The van der Waals surface area contributed by atoms with E-state index in [0.717, 1.165) is 5.46 Å². The van der Waals surface area contributed by atoms with Crippen molar-refractivity contribution in [2.45, 2.75) is 6.36 Å². The molecule has 0 radical (unpaired) electrons. The first-order valence-corrected chi connectivity index (χ1v) is 16.2. The number of ether oxygens (including phenoxy) is 3. The Hall–Kier alpha value is -5.77. The highest BCUT2D eigenvalue weighted by molar-refractivity contribution is 6.78. The highest BCUT2D eigenvalue weighted by atomic mass is 19.4. The number of rotatable bonds is 17. The van der Waals surface area contributed by atoms with Crippen molar-refractivity contribution in [1.29, 1.82) is 0 Å². The van der Waals surface area contributed by atoms with Crippen LogP contribution in [0.2, 0.25) is 0 Å².